The lowest BCUT2D eigenvalue weighted by Gasteiger charge is -2.09. The highest BCUT2D eigenvalue weighted by Gasteiger charge is 2.01. The molecule has 66 valence electrons. The third-order valence-electron chi connectivity index (χ3n) is 1.88. The zero-order valence-corrected chi connectivity index (χ0v) is 7.79. The van der Waals surface area contributed by atoms with Crippen LogP contribution in [0.4, 0.5) is 0 Å². The molecule has 1 aromatic rings. The zero-order chi connectivity index (χ0) is 8.81. The first-order chi connectivity index (χ1) is 5.83. The van der Waals surface area contributed by atoms with Crippen LogP contribution in [0.1, 0.15) is 12.5 Å². The van der Waals surface area contributed by atoms with E-state index in [9.17, 15) is 0 Å². The molecule has 0 aliphatic carbocycles. The van der Waals surface area contributed by atoms with Crippen molar-refractivity contribution in [2.45, 2.75) is 13.3 Å². The van der Waals surface area contributed by atoms with Crippen molar-refractivity contribution in [3.63, 3.8) is 0 Å². The highest BCUT2D eigenvalue weighted by molar-refractivity contribution is 5.14. The van der Waals surface area contributed by atoms with Gasteiger partial charge in [0, 0.05) is 13.7 Å². The molecule has 1 aromatic carbocycles. The molecule has 0 radical (unpaired) electrons. The predicted octanol–water partition coefficient (Wildman–Crippen LogP) is 2.51. The second-order valence-corrected chi connectivity index (χ2v) is 3.25. The van der Waals surface area contributed by atoms with E-state index in [-0.39, 0.29) is 0 Å². The number of ether oxygens (including phenoxy) is 1. The largest absolute Gasteiger partial charge is 0.384 e. The fourth-order valence-electron chi connectivity index (χ4n) is 1.36. The Kier molecular flexibility index (Phi) is 3.81. The van der Waals surface area contributed by atoms with Gasteiger partial charge >= 0.3 is 0 Å². The third-order valence-corrected chi connectivity index (χ3v) is 1.88. The lowest BCUT2D eigenvalue weighted by atomic mass is 10.0. The fraction of sp³-hybridized carbons (Fsp3) is 0.455. The van der Waals surface area contributed by atoms with Gasteiger partial charge in [0.1, 0.15) is 0 Å². The SMILES string of the molecule is COC[C@H](C)Cc1ccccc1. The first-order valence-corrected chi connectivity index (χ1v) is 4.36. The summed E-state index contributed by atoms with van der Waals surface area (Å²) in [6.07, 6.45) is 1.11. The molecule has 0 fully saturated rings. The molecule has 0 saturated heterocycles. The van der Waals surface area contributed by atoms with Crippen LogP contribution >= 0.6 is 0 Å². The van der Waals surface area contributed by atoms with Gasteiger partial charge in [-0.25, -0.2) is 0 Å². The molecule has 1 atom stereocenters. The lowest BCUT2D eigenvalue weighted by Crippen LogP contribution is -2.06. The summed E-state index contributed by atoms with van der Waals surface area (Å²) in [5.74, 6) is 0.609. The standard InChI is InChI=1S/C11H16O/c1-10(9-12-2)8-11-6-4-3-5-7-11/h3-7,10H,8-9H2,1-2H3/t10-/m1/s1. The van der Waals surface area contributed by atoms with Gasteiger partial charge in [-0.3, -0.25) is 0 Å². The molecular formula is C11H16O. The highest BCUT2D eigenvalue weighted by Crippen LogP contribution is 2.07. The van der Waals surface area contributed by atoms with E-state index < -0.39 is 0 Å². The van der Waals surface area contributed by atoms with Crippen LogP contribution in [0, 0.1) is 5.92 Å². The summed E-state index contributed by atoms with van der Waals surface area (Å²) in [6.45, 7) is 3.05. The summed E-state index contributed by atoms with van der Waals surface area (Å²) in [5.41, 5.74) is 1.39. The Hall–Kier alpha value is -0.820. The molecule has 0 unspecified atom stereocenters. The Bertz CT molecular complexity index is 206. The van der Waals surface area contributed by atoms with E-state index in [2.05, 4.69) is 31.2 Å². The van der Waals surface area contributed by atoms with Crippen molar-refractivity contribution in [2.75, 3.05) is 13.7 Å². The van der Waals surface area contributed by atoms with Crippen molar-refractivity contribution >= 4 is 0 Å². The molecule has 0 spiro atoms. The van der Waals surface area contributed by atoms with Gasteiger partial charge in [-0.15, -0.1) is 0 Å². The maximum Gasteiger partial charge on any atom is 0.0491 e. The van der Waals surface area contributed by atoms with Crippen LogP contribution in [0.3, 0.4) is 0 Å². The number of rotatable bonds is 4. The second kappa shape index (κ2) is 4.94. The van der Waals surface area contributed by atoms with E-state index in [4.69, 9.17) is 4.74 Å². The summed E-state index contributed by atoms with van der Waals surface area (Å²) < 4.78 is 5.08. The third kappa shape index (κ3) is 3.05. The first-order valence-electron chi connectivity index (χ1n) is 4.36. The summed E-state index contributed by atoms with van der Waals surface area (Å²) in [7, 11) is 1.75. The number of methoxy groups -OCH3 is 1. The van der Waals surface area contributed by atoms with E-state index in [0.717, 1.165) is 13.0 Å². The monoisotopic (exact) mass is 164 g/mol. The summed E-state index contributed by atoms with van der Waals surface area (Å²) >= 11 is 0. The Morgan fingerprint density at radius 3 is 2.50 bits per heavy atom. The van der Waals surface area contributed by atoms with Gasteiger partial charge in [-0.2, -0.15) is 0 Å². The van der Waals surface area contributed by atoms with Crippen molar-refractivity contribution in [3.05, 3.63) is 35.9 Å². The average molecular weight is 164 g/mol. The van der Waals surface area contributed by atoms with Gasteiger partial charge in [0.2, 0.25) is 0 Å². The Morgan fingerprint density at radius 1 is 1.25 bits per heavy atom. The van der Waals surface area contributed by atoms with Crippen LogP contribution < -0.4 is 0 Å². The molecule has 0 aliphatic heterocycles. The van der Waals surface area contributed by atoms with Crippen LogP contribution in [-0.2, 0) is 11.2 Å². The average Bonchev–Trinajstić information content (AvgIpc) is 2.06. The summed E-state index contributed by atoms with van der Waals surface area (Å²) in [5, 5.41) is 0. The molecule has 12 heavy (non-hydrogen) atoms. The van der Waals surface area contributed by atoms with Crippen LogP contribution in [-0.4, -0.2) is 13.7 Å². The number of benzene rings is 1. The molecule has 1 rings (SSSR count). The van der Waals surface area contributed by atoms with E-state index in [1.807, 2.05) is 6.07 Å². The van der Waals surface area contributed by atoms with Gasteiger partial charge in [0.15, 0.2) is 0 Å². The molecular weight excluding hydrogens is 148 g/mol. The zero-order valence-electron chi connectivity index (χ0n) is 7.79. The molecule has 0 heterocycles. The number of hydrogen-bond donors (Lipinski definition) is 0. The minimum absolute atomic E-state index is 0.609. The highest BCUT2D eigenvalue weighted by atomic mass is 16.5. The molecule has 1 nitrogen and oxygen atoms in total. The number of hydrogen-bond acceptors (Lipinski definition) is 1. The van der Waals surface area contributed by atoms with Crippen LogP contribution in [0.2, 0.25) is 0 Å². The fourth-order valence-corrected chi connectivity index (χ4v) is 1.36. The van der Waals surface area contributed by atoms with Gasteiger partial charge in [0.05, 0.1) is 0 Å². The maximum absolute atomic E-state index is 5.08. The minimum Gasteiger partial charge on any atom is -0.384 e. The van der Waals surface area contributed by atoms with Gasteiger partial charge < -0.3 is 4.74 Å². The molecule has 0 bridgehead atoms. The normalized spacial score (nSPS) is 12.8. The smallest absolute Gasteiger partial charge is 0.0491 e. The topological polar surface area (TPSA) is 9.23 Å². The van der Waals surface area contributed by atoms with Gasteiger partial charge in [-0.05, 0) is 17.9 Å². The Balaban J connectivity index is 2.41. The molecule has 0 amide bonds. The summed E-state index contributed by atoms with van der Waals surface area (Å²) in [6, 6.07) is 10.5. The van der Waals surface area contributed by atoms with E-state index >= 15 is 0 Å². The van der Waals surface area contributed by atoms with Crippen molar-refractivity contribution < 1.29 is 4.74 Å². The van der Waals surface area contributed by atoms with Crippen molar-refractivity contribution in [2.24, 2.45) is 5.92 Å². The molecule has 1 heteroatoms. The molecule has 0 saturated carbocycles. The maximum atomic E-state index is 5.08. The van der Waals surface area contributed by atoms with Crippen LogP contribution in [0.25, 0.3) is 0 Å². The minimum atomic E-state index is 0.609. The van der Waals surface area contributed by atoms with Crippen molar-refractivity contribution in [1.82, 2.24) is 0 Å². The van der Waals surface area contributed by atoms with Crippen molar-refractivity contribution in [3.8, 4) is 0 Å². The van der Waals surface area contributed by atoms with Gasteiger partial charge in [0.25, 0.3) is 0 Å². The summed E-state index contributed by atoms with van der Waals surface area (Å²) in [4.78, 5) is 0. The van der Waals surface area contributed by atoms with Gasteiger partial charge in [-0.1, -0.05) is 37.3 Å². The molecule has 0 aliphatic rings. The first kappa shape index (κ1) is 9.27. The molecule has 0 aromatic heterocycles. The van der Waals surface area contributed by atoms with Crippen LogP contribution in [0.15, 0.2) is 30.3 Å². The van der Waals surface area contributed by atoms with E-state index in [1.165, 1.54) is 5.56 Å². The van der Waals surface area contributed by atoms with Crippen molar-refractivity contribution in [1.29, 1.82) is 0 Å². The predicted molar refractivity (Wildman–Crippen MR) is 51.2 cm³/mol. The van der Waals surface area contributed by atoms with E-state index in [1.54, 1.807) is 7.11 Å². The van der Waals surface area contributed by atoms with Crippen LogP contribution in [0.5, 0.6) is 0 Å². The molecule has 0 N–H and O–H groups in total. The Labute approximate surface area is 74.4 Å². The lowest BCUT2D eigenvalue weighted by molar-refractivity contribution is 0.159. The second-order valence-electron chi connectivity index (χ2n) is 3.25. The van der Waals surface area contributed by atoms with E-state index in [0.29, 0.717) is 5.92 Å². The Morgan fingerprint density at radius 2 is 1.92 bits per heavy atom. The quantitative estimate of drug-likeness (QED) is 0.664.